The molecule has 0 aliphatic carbocycles. The second-order valence-corrected chi connectivity index (χ2v) is 6.39. The van der Waals surface area contributed by atoms with E-state index in [4.69, 9.17) is 30.5 Å². The topological polar surface area (TPSA) is 36.9 Å². The van der Waals surface area contributed by atoms with E-state index in [0.717, 1.165) is 21.4 Å². The van der Waals surface area contributed by atoms with Crippen LogP contribution in [0.4, 0.5) is 0 Å². The largest absolute Gasteiger partial charge is 0.368 e. The van der Waals surface area contributed by atoms with Gasteiger partial charge in [-0.25, -0.2) is 0 Å². The standard InChI is InChI=1S/C18H19ClO4/c1-11-16(17-18(23-11)21-8-7-20-17)22-10-12-5-6-13-3-2-4-15(19)14(13)9-12/h2-6,9,11,16-18H,7-8,10H2,1H3/t11-,16+,17-,18+/m1/s1. The molecule has 0 radical (unpaired) electrons. The number of hydrogen-bond donors (Lipinski definition) is 0. The summed E-state index contributed by atoms with van der Waals surface area (Å²) in [6.07, 6.45) is -0.632. The quantitative estimate of drug-likeness (QED) is 0.860. The number of ether oxygens (including phenoxy) is 4. The first kappa shape index (κ1) is 15.4. The van der Waals surface area contributed by atoms with Crippen LogP contribution in [0, 0.1) is 0 Å². The summed E-state index contributed by atoms with van der Waals surface area (Å²) in [4.78, 5) is 0. The van der Waals surface area contributed by atoms with E-state index in [-0.39, 0.29) is 24.6 Å². The molecule has 4 nitrogen and oxygen atoms in total. The average Bonchev–Trinajstić information content (AvgIpc) is 2.89. The van der Waals surface area contributed by atoms with E-state index in [1.165, 1.54) is 0 Å². The van der Waals surface area contributed by atoms with E-state index in [1.807, 2.05) is 19.1 Å². The first-order chi connectivity index (χ1) is 11.2. The molecule has 0 spiro atoms. The molecule has 2 aromatic rings. The van der Waals surface area contributed by atoms with Crippen molar-refractivity contribution in [2.24, 2.45) is 0 Å². The van der Waals surface area contributed by atoms with Crippen molar-refractivity contribution in [3.8, 4) is 0 Å². The summed E-state index contributed by atoms with van der Waals surface area (Å²) >= 11 is 6.27. The van der Waals surface area contributed by atoms with E-state index >= 15 is 0 Å². The summed E-state index contributed by atoms with van der Waals surface area (Å²) in [5.74, 6) is 0. The summed E-state index contributed by atoms with van der Waals surface area (Å²) in [7, 11) is 0. The highest BCUT2D eigenvalue weighted by atomic mass is 35.5. The molecule has 0 bridgehead atoms. The van der Waals surface area contributed by atoms with Crippen LogP contribution in [-0.2, 0) is 25.6 Å². The first-order valence-electron chi connectivity index (χ1n) is 7.90. The van der Waals surface area contributed by atoms with Crippen molar-refractivity contribution in [2.45, 2.75) is 38.1 Å². The van der Waals surface area contributed by atoms with Crippen LogP contribution in [0.5, 0.6) is 0 Å². The van der Waals surface area contributed by atoms with E-state index < -0.39 is 0 Å². The second-order valence-electron chi connectivity index (χ2n) is 5.99. The fourth-order valence-electron chi connectivity index (χ4n) is 3.24. The normalized spacial score (nSPS) is 30.5. The molecule has 2 heterocycles. The highest BCUT2D eigenvalue weighted by Crippen LogP contribution is 2.30. The lowest BCUT2D eigenvalue weighted by Crippen LogP contribution is -2.42. The van der Waals surface area contributed by atoms with Gasteiger partial charge in [0.25, 0.3) is 0 Å². The molecule has 2 saturated heterocycles. The lowest BCUT2D eigenvalue weighted by Gasteiger charge is -2.27. The van der Waals surface area contributed by atoms with Crippen LogP contribution in [0.3, 0.4) is 0 Å². The first-order valence-corrected chi connectivity index (χ1v) is 8.27. The molecule has 2 aliphatic heterocycles. The molecule has 5 heteroatoms. The summed E-state index contributed by atoms with van der Waals surface area (Å²) in [6.45, 7) is 3.64. The van der Waals surface area contributed by atoms with Crippen LogP contribution in [0.2, 0.25) is 5.02 Å². The predicted molar refractivity (Wildman–Crippen MR) is 87.6 cm³/mol. The third kappa shape index (κ3) is 2.97. The van der Waals surface area contributed by atoms with Crippen LogP contribution in [0.1, 0.15) is 12.5 Å². The molecule has 2 aromatic carbocycles. The molecule has 0 aromatic heterocycles. The molecule has 0 unspecified atom stereocenters. The van der Waals surface area contributed by atoms with Gasteiger partial charge in [0.15, 0.2) is 6.29 Å². The summed E-state index contributed by atoms with van der Waals surface area (Å²) in [5, 5.41) is 2.93. The van der Waals surface area contributed by atoms with Crippen molar-refractivity contribution in [1.29, 1.82) is 0 Å². The van der Waals surface area contributed by atoms with Gasteiger partial charge in [0, 0.05) is 10.4 Å². The Labute approximate surface area is 140 Å². The number of rotatable bonds is 3. The third-order valence-electron chi connectivity index (χ3n) is 4.42. The second kappa shape index (κ2) is 6.38. The maximum absolute atomic E-state index is 6.27. The highest BCUT2D eigenvalue weighted by molar-refractivity contribution is 6.35. The number of hydrogen-bond acceptors (Lipinski definition) is 4. The molecule has 4 rings (SSSR count). The van der Waals surface area contributed by atoms with E-state index in [0.29, 0.717) is 19.8 Å². The Hall–Kier alpha value is -1.17. The van der Waals surface area contributed by atoms with Gasteiger partial charge in [-0.3, -0.25) is 0 Å². The lowest BCUT2D eigenvalue weighted by atomic mass is 10.1. The van der Waals surface area contributed by atoms with Crippen molar-refractivity contribution in [2.75, 3.05) is 13.2 Å². The van der Waals surface area contributed by atoms with Gasteiger partial charge >= 0.3 is 0 Å². The number of halogens is 1. The Morgan fingerprint density at radius 1 is 1.17 bits per heavy atom. The minimum absolute atomic E-state index is 0.0489. The molecule has 23 heavy (non-hydrogen) atoms. The van der Waals surface area contributed by atoms with Gasteiger partial charge in [-0.2, -0.15) is 0 Å². The Morgan fingerprint density at radius 3 is 2.96 bits per heavy atom. The van der Waals surface area contributed by atoms with Gasteiger partial charge in [-0.15, -0.1) is 0 Å². The SMILES string of the molecule is C[C@H]1O[C@@H]2OCCO[C@@H]2[C@H]1OCc1ccc2cccc(Cl)c2c1. The zero-order valence-electron chi connectivity index (χ0n) is 12.9. The van der Waals surface area contributed by atoms with Gasteiger partial charge in [0.2, 0.25) is 0 Å². The van der Waals surface area contributed by atoms with Crippen LogP contribution in [-0.4, -0.2) is 37.8 Å². The Kier molecular flexibility index (Phi) is 4.26. The van der Waals surface area contributed by atoms with Crippen LogP contribution in [0.15, 0.2) is 36.4 Å². The number of benzene rings is 2. The molecular weight excluding hydrogens is 316 g/mol. The zero-order chi connectivity index (χ0) is 15.8. The Balaban J connectivity index is 1.49. The number of fused-ring (bicyclic) bond motifs is 2. The fourth-order valence-corrected chi connectivity index (χ4v) is 3.48. The van der Waals surface area contributed by atoms with Crippen molar-refractivity contribution in [1.82, 2.24) is 0 Å². The van der Waals surface area contributed by atoms with Crippen molar-refractivity contribution in [3.05, 3.63) is 47.0 Å². The minimum atomic E-state index is -0.310. The maximum atomic E-state index is 6.27. The Bertz CT molecular complexity index is 704. The maximum Gasteiger partial charge on any atom is 0.186 e. The van der Waals surface area contributed by atoms with Crippen LogP contribution >= 0.6 is 11.6 Å². The summed E-state index contributed by atoms with van der Waals surface area (Å²) in [5.41, 5.74) is 1.08. The Morgan fingerprint density at radius 2 is 2.04 bits per heavy atom. The van der Waals surface area contributed by atoms with E-state index in [9.17, 15) is 0 Å². The average molecular weight is 335 g/mol. The molecule has 122 valence electrons. The van der Waals surface area contributed by atoms with Gasteiger partial charge in [0.05, 0.1) is 25.9 Å². The monoisotopic (exact) mass is 334 g/mol. The smallest absolute Gasteiger partial charge is 0.186 e. The van der Waals surface area contributed by atoms with Crippen molar-refractivity contribution >= 4 is 22.4 Å². The van der Waals surface area contributed by atoms with E-state index in [1.54, 1.807) is 0 Å². The molecule has 4 atom stereocenters. The highest BCUT2D eigenvalue weighted by Gasteiger charge is 2.46. The zero-order valence-corrected chi connectivity index (χ0v) is 13.7. The van der Waals surface area contributed by atoms with Gasteiger partial charge in [0.1, 0.15) is 12.2 Å². The van der Waals surface area contributed by atoms with Gasteiger partial charge in [-0.1, -0.05) is 35.9 Å². The lowest BCUT2D eigenvalue weighted by molar-refractivity contribution is -0.221. The minimum Gasteiger partial charge on any atom is -0.368 e. The third-order valence-corrected chi connectivity index (χ3v) is 4.74. The van der Waals surface area contributed by atoms with Crippen LogP contribution in [0.25, 0.3) is 10.8 Å². The summed E-state index contributed by atoms with van der Waals surface area (Å²) in [6, 6.07) is 12.1. The molecule has 2 aliphatic rings. The molecular formula is C18H19ClO4. The summed E-state index contributed by atoms with van der Waals surface area (Å²) < 4.78 is 23.2. The van der Waals surface area contributed by atoms with Gasteiger partial charge in [-0.05, 0) is 30.0 Å². The van der Waals surface area contributed by atoms with Crippen LogP contribution < -0.4 is 0 Å². The fraction of sp³-hybridized carbons (Fsp3) is 0.444. The molecule has 0 saturated carbocycles. The predicted octanol–water partition coefficient (Wildman–Crippen LogP) is 3.54. The van der Waals surface area contributed by atoms with Gasteiger partial charge < -0.3 is 18.9 Å². The molecule has 0 N–H and O–H groups in total. The molecule has 2 fully saturated rings. The van der Waals surface area contributed by atoms with E-state index in [2.05, 4.69) is 24.3 Å². The van der Waals surface area contributed by atoms with Crippen molar-refractivity contribution < 1.29 is 18.9 Å². The molecule has 0 amide bonds. The van der Waals surface area contributed by atoms with Crippen molar-refractivity contribution in [3.63, 3.8) is 0 Å².